The second-order valence-corrected chi connectivity index (χ2v) is 4.95. The standard InChI is InChI=1S/C13H21N5O3/c1-9(2)8-16-12(19)6-7-15-13-10(18(20)21)4-5-11(14-3)17-13/h4-5,9H,6-8H2,1-3H3,(H,16,19)(H2,14,15,17). The van der Waals surface area contributed by atoms with Crippen LogP contribution in [0.3, 0.4) is 0 Å². The average Bonchev–Trinajstić information content (AvgIpc) is 2.44. The Balaban J connectivity index is 2.57. The summed E-state index contributed by atoms with van der Waals surface area (Å²) in [5.74, 6) is 0.969. The van der Waals surface area contributed by atoms with Crippen LogP contribution in [0.5, 0.6) is 0 Å². The molecule has 1 amide bonds. The van der Waals surface area contributed by atoms with Crippen molar-refractivity contribution in [1.82, 2.24) is 10.3 Å². The molecule has 0 bridgehead atoms. The predicted molar refractivity (Wildman–Crippen MR) is 81.4 cm³/mol. The van der Waals surface area contributed by atoms with Crippen molar-refractivity contribution in [3.05, 3.63) is 22.2 Å². The number of nitrogens with zero attached hydrogens (tertiary/aromatic N) is 2. The number of anilines is 2. The highest BCUT2D eigenvalue weighted by molar-refractivity contribution is 5.76. The van der Waals surface area contributed by atoms with Gasteiger partial charge in [-0.15, -0.1) is 0 Å². The van der Waals surface area contributed by atoms with E-state index in [-0.39, 0.29) is 30.4 Å². The minimum absolute atomic E-state index is 0.0939. The zero-order valence-electron chi connectivity index (χ0n) is 12.5. The second-order valence-electron chi connectivity index (χ2n) is 4.95. The van der Waals surface area contributed by atoms with Gasteiger partial charge in [0.15, 0.2) is 0 Å². The average molecular weight is 295 g/mol. The molecule has 0 aliphatic carbocycles. The summed E-state index contributed by atoms with van der Waals surface area (Å²) < 4.78 is 0. The van der Waals surface area contributed by atoms with E-state index in [0.717, 1.165) is 0 Å². The molecule has 0 saturated heterocycles. The van der Waals surface area contributed by atoms with Gasteiger partial charge in [0.05, 0.1) is 4.92 Å². The zero-order valence-corrected chi connectivity index (χ0v) is 12.5. The normalized spacial score (nSPS) is 10.3. The Morgan fingerprint density at radius 1 is 1.43 bits per heavy atom. The Labute approximate surface area is 123 Å². The lowest BCUT2D eigenvalue weighted by atomic mass is 10.2. The maximum absolute atomic E-state index is 11.6. The molecule has 0 radical (unpaired) electrons. The zero-order chi connectivity index (χ0) is 15.8. The van der Waals surface area contributed by atoms with Crippen LogP contribution in [0.2, 0.25) is 0 Å². The first-order valence-electron chi connectivity index (χ1n) is 6.77. The van der Waals surface area contributed by atoms with Crippen LogP contribution in [0.1, 0.15) is 20.3 Å². The van der Waals surface area contributed by atoms with E-state index in [1.807, 2.05) is 13.8 Å². The molecule has 0 atom stereocenters. The van der Waals surface area contributed by atoms with Crippen molar-refractivity contribution in [1.29, 1.82) is 0 Å². The van der Waals surface area contributed by atoms with Crippen LogP contribution in [0.25, 0.3) is 0 Å². The quantitative estimate of drug-likeness (QED) is 0.496. The largest absolute Gasteiger partial charge is 0.373 e. The van der Waals surface area contributed by atoms with Crippen molar-refractivity contribution < 1.29 is 9.72 Å². The van der Waals surface area contributed by atoms with Crippen LogP contribution < -0.4 is 16.0 Å². The topological polar surface area (TPSA) is 109 Å². The Hall–Kier alpha value is -2.38. The fourth-order valence-corrected chi connectivity index (χ4v) is 1.57. The molecule has 1 heterocycles. The first-order chi connectivity index (χ1) is 9.93. The maximum atomic E-state index is 11.6. The Kier molecular flexibility index (Phi) is 6.38. The molecule has 21 heavy (non-hydrogen) atoms. The number of hydrogen-bond acceptors (Lipinski definition) is 6. The number of nitro groups is 1. The van der Waals surface area contributed by atoms with Gasteiger partial charge in [-0.1, -0.05) is 13.8 Å². The van der Waals surface area contributed by atoms with Gasteiger partial charge in [0, 0.05) is 32.6 Å². The summed E-state index contributed by atoms with van der Waals surface area (Å²) in [5.41, 5.74) is -0.114. The number of carbonyl (C=O) groups excluding carboxylic acids is 1. The molecule has 0 aromatic carbocycles. The number of amides is 1. The van der Waals surface area contributed by atoms with E-state index in [1.165, 1.54) is 12.1 Å². The van der Waals surface area contributed by atoms with Gasteiger partial charge in [-0.05, 0) is 12.0 Å². The van der Waals surface area contributed by atoms with Gasteiger partial charge in [-0.3, -0.25) is 14.9 Å². The SMILES string of the molecule is CNc1ccc([N+](=O)[O-])c(NCCC(=O)NCC(C)C)n1. The number of aromatic nitrogens is 1. The molecule has 8 heteroatoms. The molecule has 116 valence electrons. The smallest absolute Gasteiger partial charge is 0.311 e. The van der Waals surface area contributed by atoms with E-state index < -0.39 is 4.92 Å². The molecule has 0 aliphatic rings. The lowest BCUT2D eigenvalue weighted by molar-refractivity contribution is -0.384. The van der Waals surface area contributed by atoms with Gasteiger partial charge in [-0.2, -0.15) is 0 Å². The summed E-state index contributed by atoms with van der Waals surface area (Å²) in [5, 5.41) is 19.4. The Morgan fingerprint density at radius 2 is 2.14 bits per heavy atom. The molecule has 0 fully saturated rings. The minimum atomic E-state index is -0.506. The van der Waals surface area contributed by atoms with Gasteiger partial charge >= 0.3 is 5.69 Å². The highest BCUT2D eigenvalue weighted by Gasteiger charge is 2.15. The predicted octanol–water partition coefficient (Wildman–Crippen LogP) is 1.61. The summed E-state index contributed by atoms with van der Waals surface area (Å²) >= 11 is 0. The van der Waals surface area contributed by atoms with E-state index in [9.17, 15) is 14.9 Å². The fraction of sp³-hybridized carbons (Fsp3) is 0.538. The fourth-order valence-electron chi connectivity index (χ4n) is 1.57. The van der Waals surface area contributed by atoms with Gasteiger partial charge in [0.1, 0.15) is 5.82 Å². The molecule has 0 unspecified atom stereocenters. The highest BCUT2D eigenvalue weighted by Crippen LogP contribution is 2.23. The van der Waals surface area contributed by atoms with E-state index in [4.69, 9.17) is 0 Å². The monoisotopic (exact) mass is 295 g/mol. The van der Waals surface area contributed by atoms with Crippen LogP contribution in [-0.4, -0.2) is 36.0 Å². The summed E-state index contributed by atoms with van der Waals surface area (Å²) in [4.78, 5) is 26.1. The van der Waals surface area contributed by atoms with Crippen LogP contribution >= 0.6 is 0 Å². The summed E-state index contributed by atoms with van der Waals surface area (Å²) in [7, 11) is 1.68. The van der Waals surface area contributed by atoms with Crippen molar-refractivity contribution in [2.24, 2.45) is 5.92 Å². The molecule has 1 rings (SSSR count). The Morgan fingerprint density at radius 3 is 2.71 bits per heavy atom. The van der Waals surface area contributed by atoms with Crippen molar-refractivity contribution in [2.75, 3.05) is 30.8 Å². The van der Waals surface area contributed by atoms with Gasteiger partial charge in [0.2, 0.25) is 11.7 Å². The van der Waals surface area contributed by atoms with E-state index in [2.05, 4.69) is 20.9 Å². The highest BCUT2D eigenvalue weighted by atomic mass is 16.6. The molecule has 3 N–H and O–H groups in total. The van der Waals surface area contributed by atoms with E-state index in [1.54, 1.807) is 7.05 Å². The summed E-state index contributed by atoms with van der Waals surface area (Å²) in [6, 6.07) is 2.90. The molecule has 8 nitrogen and oxygen atoms in total. The summed E-state index contributed by atoms with van der Waals surface area (Å²) in [6.45, 7) is 4.92. The van der Waals surface area contributed by atoms with E-state index in [0.29, 0.717) is 18.3 Å². The molecular weight excluding hydrogens is 274 g/mol. The number of hydrogen-bond donors (Lipinski definition) is 3. The minimum Gasteiger partial charge on any atom is -0.373 e. The van der Waals surface area contributed by atoms with Crippen LogP contribution in [0.15, 0.2) is 12.1 Å². The first kappa shape index (κ1) is 16.7. The molecule has 1 aromatic rings. The molecule has 0 aliphatic heterocycles. The van der Waals surface area contributed by atoms with Crippen LogP contribution in [0.4, 0.5) is 17.3 Å². The third-order valence-corrected chi connectivity index (χ3v) is 2.68. The summed E-state index contributed by atoms with van der Waals surface area (Å²) in [6.07, 6.45) is 0.231. The third-order valence-electron chi connectivity index (χ3n) is 2.68. The van der Waals surface area contributed by atoms with Crippen molar-refractivity contribution in [3.63, 3.8) is 0 Å². The van der Waals surface area contributed by atoms with Gasteiger partial charge in [0.25, 0.3) is 0 Å². The molecule has 0 saturated carbocycles. The molecule has 1 aromatic heterocycles. The molecular formula is C13H21N5O3. The van der Waals surface area contributed by atoms with Crippen molar-refractivity contribution in [2.45, 2.75) is 20.3 Å². The van der Waals surface area contributed by atoms with Crippen molar-refractivity contribution in [3.8, 4) is 0 Å². The number of nitrogens with one attached hydrogen (secondary N) is 3. The van der Waals surface area contributed by atoms with Gasteiger partial charge in [-0.25, -0.2) is 4.98 Å². The van der Waals surface area contributed by atoms with Crippen LogP contribution in [0, 0.1) is 16.0 Å². The second kappa shape index (κ2) is 8.03. The number of pyridine rings is 1. The molecule has 0 spiro atoms. The Bertz CT molecular complexity index is 505. The third kappa shape index (κ3) is 5.64. The van der Waals surface area contributed by atoms with E-state index >= 15 is 0 Å². The van der Waals surface area contributed by atoms with Crippen LogP contribution in [-0.2, 0) is 4.79 Å². The first-order valence-corrected chi connectivity index (χ1v) is 6.77. The van der Waals surface area contributed by atoms with Gasteiger partial charge < -0.3 is 16.0 Å². The lowest BCUT2D eigenvalue weighted by Crippen LogP contribution is -2.28. The van der Waals surface area contributed by atoms with Crippen molar-refractivity contribution >= 4 is 23.2 Å². The number of rotatable bonds is 8. The maximum Gasteiger partial charge on any atom is 0.311 e. The number of carbonyl (C=O) groups is 1. The lowest BCUT2D eigenvalue weighted by Gasteiger charge is -2.09.